The summed E-state index contributed by atoms with van der Waals surface area (Å²) in [5, 5.41) is 3.76. The Morgan fingerprint density at radius 3 is 2.29 bits per heavy atom. The minimum atomic E-state index is -0.357. The van der Waals surface area contributed by atoms with Crippen LogP contribution < -0.4 is 0 Å². The smallest absolute Gasteiger partial charge is 0.292 e. The second-order valence-corrected chi connectivity index (χ2v) is 5.61. The zero-order chi connectivity index (χ0) is 17.1. The van der Waals surface area contributed by atoms with Gasteiger partial charge >= 0.3 is 0 Å². The van der Waals surface area contributed by atoms with Crippen LogP contribution >= 0.6 is 0 Å². The molecule has 3 aromatic rings. The molecule has 4 nitrogen and oxygen atoms in total. The van der Waals surface area contributed by atoms with Crippen molar-refractivity contribution < 1.29 is 13.7 Å². The SMILES string of the molecule is Cc1cc(C(=O)N(C)C(c2ccccc2)c2ccc(F)cc2)on1. The topological polar surface area (TPSA) is 46.3 Å². The first-order chi connectivity index (χ1) is 11.6. The minimum absolute atomic E-state index is 0.179. The van der Waals surface area contributed by atoms with Gasteiger partial charge in [-0.1, -0.05) is 47.6 Å². The second kappa shape index (κ2) is 6.66. The maximum absolute atomic E-state index is 13.3. The fraction of sp³-hybridized carbons (Fsp3) is 0.158. The number of amides is 1. The van der Waals surface area contributed by atoms with Crippen LogP contribution in [0.4, 0.5) is 4.39 Å². The standard InChI is InChI=1S/C19H17FN2O2/c1-13-12-17(24-21-13)19(23)22(2)18(14-6-4-3-5-7-14)15-8-10-16(20)11-9-15/h3-12,18H,1-2H3. The van der Waals surface area contributed by atoms with Crippen molar-refractivity contribution in [2.24, 2.45) is 0 Å². The van der Waals surface area contributed by atoms with Crippen molar-refractivity contribution in [3.63, 3.8) is 0 Å². The molecule has 2 aromatic carbocycles. The Morgan fingerprint density at radius 2 is 1.71 bits per heavy atom. The lowest BCUT2D eigenvalue weighted by atomic mass is 9.97. The van der Waals surface area contributed by atoms with Crippen LogP contribution in [-0.2, 0) is 0 Å². The molecule has 0 radical (unpaired) electrons. The molecular formula is C19H17FN2O2. The van der Waals surface area contributed by atoms with Gasteiger partial charge in [0.2, 0.25) is 5.76 Å². The maximum Gasteiger partial charge on any atom is 0.292 e. The normalized spacial score (nSPS) is 12.0. The van der Waals surface area contributed by atoms with E-state index in [0.717, 1.165) is 11.1 Å². The number of aryl methyl sites for hydroxylation is 1. The number of rotatable bonds is 4. The summed E-state index contributed by atoms with van der Waals surface area (Å²) in [6, 6.07) is 17.0. The van der Waals surface area contributed by atoms with E-state index in [-0.39, 0.29) is 23.5 Å². The van der Waals surface area contributed by atoms with E-state index in [0.29, 0.717) is 5.69 Å². The second-order valence-electron chi connectivity index (χ2n) is 5.61. The zero-order valence-corrected chi connectivity index (χ0v) is 13.4. The van der Waals surface area contributed by atoms with E-state index in [1.54, 1.807) is 37.1 Å². The third-order valence-corrected chi connectivity index (χ3v) is 3.85. The highest BCUT2D eigenvalue weighted by atomic mass is 19.1. The van der Waals surface area contributed by atoms with Gasteiger partial charge in [-0.25, -0.2) is 4.39 Å². The lowest BCUT2D eigenvalue weighted by molar-refractivity contribution is 0.0713. The van der Waals surface area contributed by atoms with Crippen molar-refractivity contribution in [2.75, 3.05) is 7.05 Å². The molecule has 0 saturated heterocycles. The van der Waals surface area contributed by atoms with Crippen LogP contribution in [0.3, 0.4) is 0 Å². The molecule has 1 heterocycles. The number of halogens is 1. The number of carbonyl (C=O) groups is 1. The van der Waals surface area contributed by atoms with E-state index in [9.17, 15) is 9.18 Å². The predicted octanol–water partition coefficient (Wildman–Crippen LogP) is 3.98. The molecular weight excluding hydrogens is 307 g/mol. The zero-order valence-electron chi connectivity index (χ0n) is 13.4. The van der Waals surface area contributed by atoms with Gasteiger partial charge in [-0.05, 0) is 30.2 Å². The first kappa shape index (κ1) is 15.9. The summed E-state index contributed by atoms with van der Waals surface area (Å²) in [6.07, 6.45) is 0. The van der Waals surface area contributed by atoms with Crippen molar-refractivity contribution in [1.29, 1.82) is 0 Å². The Hall–Kier alpha value is -2.95. The Balaban J connectivity index is 2.01. The van der Waals surface area contributed by atoms with Crippen LogP contribution in [0.5, 0.6) is 0 Å². The summed E-state index contributed by atoms with van der Waals surface area (Å²) >= 11 is 0. The van der Waals surface area contributed by atoms with Crippen LogP contribution in [0.1, 0.15) is 33.4 Å². The van der Waals surface area contributed by atoms with Crippen LogP contribution in [0.2, 0.25) is 0 Å². The van der Waals surface area contributed by atoms with Crippen molar-refractivity contribution in [1.82, 2.24) is 10.1 Å². The van der Waals surface area contributed by atoms with Crippen LogP contribution in [0, 0.1) is 12.7 Å². The summed E-state index contributed by atoms with van der Waals surface area (Å²) < 4.78 is 18.4. The van der Waals surface area contributed by atoms with E-state index in [4.69, 9.17) is 4.52 Å². The van der Waals surface area contributed by atoms with Gasteiger partial charge in [-0.15, -0.1) is 0 Å². The van der Waals surface area contributed by atoms with Gasteiger partial charge in [0.15, 0.2) is 0 Å². The summed E-state index contributed by atoms with van der Waals surface area (Å²) in [7, 11) is 1.70. The van der Waals surface area contributed by atoms with Crippen molar-refractivity contribution >= 4 is 5.91 Å². The van der Waals surface area contributed by atoms with Gasteiger partial charge in [-0.3, -0.25) is 4.79 Å². The minimum Gasteiger partial charge on any atom is -0.351 e. The molecule has 0 aliphatic heterocycles. The summed E-state index contributed by atoms with van der Waals surface area (Å²) in [4.78, 5) is 14.3. The van der Waals surface area contributed by atoms with Crippen molar-refractivity contribution in [3.8, 4) is 0 Å². The molecule has 1 aromatic heterocycles. The number of hydrogen-bond acceptors (Lipinski definition) is 3. The first-order valence-electron chi connectivity index (χ1n) is 7.57. The molecule has 0 fully saturated rings. The van der Waals surface area contributed by atoms with E-state index >= 15 is 0 Å². The lowest BCUT2D eigenvalue weighted by Crippen LogP contribution is -2.31. The highest BCUT2D eigenvalue weighted by Crippen LogP contribution is 2.29. The summed E-state index contributed by atoms with van der Waals surface area (Å²) in [5.74, 6) is -0.419. The molecule has 0 bridgehead atoms. The van der Waals surface area contributed by atoms with Crippen LogP contribution in [0.25, 0.3) is 0 Å². The first-order valence-corrected chi connectivity index (χ1v) is 7.57. The third kappa shape index (κ3) is 3.20. The van der Waals surface area contributed by atoms with E-state index < -0.39 is 0 Å². The Morgan fingerprint density at radius 1 is 1.08 bits per heavy atom. The molecule has 1 unspecified atom stereocenters. The molecule has 0 spiro atoms. The van der Waals surface area contributed by atoms with Gasteiger partial charge in [0.05, 0.1) is 11.7 Å². The average molecular weight is 324 g/mol. The van der Waals surface area contributed by atoms with Gasteiger partial charge in [0.1, 0.15) is 5.82 Å². The van der Waals surface area contributed by atoms with Crippen molar-refractivity contribution in [3.05, 3.63) is 89.1 Å². The molecule has 0 aliphatic rings. The molecule has 3 rings (SSSR count). The fourth-order valence-corrected chi connectivity index (χ4v) is 2.68. The summed E-state index contributed by atoms with van der Waals surface area (Å²) in [6.45, 7) is 1.76. The Labute approximate surface area is 139 Å². The van der Waals surface area contributed by atoms with Gasteiger partial charge in [0.25, 0.3) is 5.91 Å². The molecule has 1 atom stereocenters. The monoisotopic (exact) mass is 324 g/mol. The number of hydrogen-bond donors (Lipinski definition) is 0. The number of benzene rings is 2. The highest BCUT2D eigenvalue weighted by Gasteiger charge is 2.26. The fourth-order valence-electron chi connectivity index (χ4n) is 2.68. The van der Waals surface area contributed by atoms with Crippen LogP contribution in [0.15, 0.2) is 65.2 Å². The highest BCUT2D eigenvalue weighted by molar-refractivity contribution is 5.91. The van der Waals surface area contributed by atoms with E-state index in [1.165, 1.54) is 12.1 Å². The van der Waals surface area contributed by atoms with Gasteiger partial charge in [-0.2, -0.15) is 0 Å². The molecule has 0 saturated carbocycles. The van der Waals surface area contributed by atoms with Gasteiger partial charge in [0, 0.05) is 13.1 Å². The maximum atomic E-state index is 13.3. The average Bonchev–Trinajstić information content (AvgIpc) is 3.03. The molecule has 0 aliphatic carbocycles. The van der Waals surface area contributed by atoms with E-state index in [2.05, 4.69) is 5.16 Å². The van der Waals surface area contributed by atoms with Gasteiger partial charge < -0.3 is 9.42 Å². The molecule has 5 heteroatoms. The predicted molar refractivity (Wildman–Crippen MR) is 88.0 cm³/mol. The molecule has 122 valence electrons. The third-order valence-electron chi connectivity index (χ3n) is 3.85. The molecule has 0 N–H and O–H groups in total. The summed E-state index contributed by atoms with van der Waals surface area (Å²) in [5.41, 5.74) is 2.38. The van der Waals surface area contributed by atoms with Crippen LogP contribution in [-0.4, -0.2) is 23.0 Å². The molecule has 1 amide bonds. The van der Waals surface area contributed by atoms with E-state index in [1.807, 2.05) is 30.3 Å². The molecule has 24 heavy (non-hydrogen) atoms. The quantitative estimate of drug-likeness (QED) is 0.729. The number of nitrogens with zero attached hydrogens (tertiary/aromatic N) is 2. The lowest BCUT2D eigenvalue weighted by Gasteiger charge is -2.28. The Kier molecular flexibility index (Phi) is 4.42. The number of carbonyl (C=O) groups excluding carboxylic acids is 1. The largest absolute Gasteiger partial charge is 0.351 e. The number of aromatic nitrogens is 1. The Bertz CT molecular complexity index is 828. The van der Waals surface area contributed by atoms with Crippen molar-refractivity contribution in [2.45, 2.75) is 13.0 Å².